The lowest BCUT2D eigenvalue weighted by Gasteiger charge is -2.06. The number of thioether (sulfide) groups is 1. The molecule has 0 aliphatic heterocycles. The van der Waals surface area contributed by atoms with Crippen molar-refractivity contribution in [2.75, 3.05) is 11.6 Å². The highest BCUT2D eigenvalue weighted by Crippen LogP contribution is 2.20. The smallest absolute Gasteiger partial charge is 0.255 e. The molecule has 3 rings (SSSR count). The molecule has 1 amide bonds. The molecule has 6 nitrogen and oxygen atoms in total. The lowest BCUT2D eigenvalue weighted by Crippen LogP contribution is -2.12. The van der Waals surface area contributed by atoms with Crippen molar-refractivity contribution in [3.63, 3.8) is 0 Å². The van der Waals surface area contributed by atoms with Crippen LogP contribution in [0, 0.1) is 6.92 Å². The molecule has 0 saturated heterocycles. The fourth-order valence-corrected chi connectivity index (χ4v) is 2.35. The fraction of sp³-hybridized carbons (Fsp3) is 0.125. The van der Waals surface area contributed by atoms with E-state index in [2.05, 4.69) is 20.5 Å². The highest BCUT2D eigenvalue weighted by molar-refractivity contribution is 7.98. The lowest BCUT2D eigenvalue weighted by molar-refractivity contribution is 0.102. The molecular weight excluding hydrogens is 312 g/mol. The van der Waals surface area contributed by atoms with Gasteiger partial charge >= 0.3 is 0 Å². The molecule has 0 unspecified atom stereocenters. The third-order valence-electron chi connectivity index (χ3n) is 3.10. The zero-order chi connectivity index (χ0) is 16.2. The third kappa shape index (κ3) is 3.57. The molecule has 0 saturated carbocycles. The van der Waals surface area contributed by atoms with E-state index in [0.29, 0.717) is 28.6 Å². The summed E-state index contributed by atoms with van der Waals surface area (Å²) in [6, 6.07) is 10.7. The molecule has 0 atom stereocenters. The van der Waals surface area contributed by atoms with E-state index in [9.17, 15) is 4.79 Å². The van der Waals surface area contributed by atoms with Crippen molar-refractivity contribution < 1.29 is 9.21 Å². The van der Waals surface area contributed by atoms with Gasteiger partial charge in [-0.05, 0) is 36.6 Å². The summed E-state index contributed by atoms with van der Waals surface area (Å²) < 4.78 is 5.38. The summed E-state index contributed by atoms with van der Waals surface area (Å²) in [6.07, 6.45) is 3.58. The summed E-state index contributed by atoms with van der Waals surface area (Å²) in [5.41, 5.74) is 1.85. The van der Waals surface area contributed by atoms with Crippen LogP contribution in [-0.2, 0) is 0 Å². The van der Waals surface area contributed by atoms with E-state index < -0.39 is 0 Å². The Morgan fingerprint density at radius 1 is 1.22 bits per heavy atom. The van der Waals surface area contributed by atoms with Crippen LogP contribution in [-0.4, -0.2) is 27.3 Å². The Morgan fingerprint density at radius 2 is 2.09 bits per heavy atom. The first-order chi connectivity index (χ1) is 11.2. The number of hydrogen-bond donors (Lipinski definition) is 1. The minimum Gasteiger partial charge on any atom is -0.421 e. The van der Waals surface area contributed by atoms with Gasteiger partial charge in [0, 0.05) is 18.1 Å². The minimum absolute atomic E-state index is 0.221. The molecule has 3 aromatic rings. The molecular formula is C16H14N4O2S. The van der Waals surface area contributed by atoms with Crippen LogP contribution in [0.3, 0.4) is 0 Å². The van der Waals surface area contributed by atoms with Crippen molar-refractivity contribution in [3.8, 4) is 11.5 Å². The van der Waals surface area contributed by atoms with Gasteiger partial charge in [0.2, 0.25) is 11.8 Å². The van der Waals surface area contributed by atoms with E-state index in [-0.39, 0.29) is 5.91 Å². The predicted molar refractivity (Wildman–Crippen MR) is 88.4 cm³/mol. The van der Waals surface area contributed by atoms with E-state index in [0.717, 1.165) is 5.03 Å². The monoisotopic (exact) mass is 326 g/mol. The molecule has 23 heavy (non-hydrogen) atoms. The van der Waals surface area contributed by atoms with Gasteiger partial charge in [-0.15, -0.1) is 22.0 Å². The van der Waals surface area contributed by atoms with Gasteiger partial charge in [0.1, 0.15) is 0 Å². The maximum absolute atomic E-state index is 12.3. The molecule has 116 valence electrons. The molecule has 1 N–H and O–H groups in total. The lowest BCUT2D eigenvalue weighted by atomic mass is 10.1. The number of aromatic nitrogens is 3. The van der Waals surface area contributed by atoms with Crippen LogP contribution in [0.15, 0.2) is 52.0 Å². The van der Waals surface area contributed by atoms with Gasteiger partial charge in [0.05, 0.1) is 16.9 Å². The number of carbonyl (C=O) groups excluding carboxylic acids is 1. The fourth-order valence-electron chi connectivity index (χ4n) is 1.98. The van der Waals surface area contributed by atoms with E-state index in [1.807, 2.05) is 24.5 Å². The number of hydrogen-bond acceptors (Lipinski definition) is 6. The van der Waals surface area contributed by atoms with Crippen LogP contribution < -0.4 is 5.32 Å². The highest BCUT2D eigenvalue weighted by Gasteiger charge is 2.11. The van der Waals surface area contributed by atoms with Gasteiger partial charge in [-0.3, -0.25) is 4.79 Å². The van der Waals surface area contributed by atoms with Gasteiger partial charge in [-0.25, -0.2) is 4.98 Å². The van der Waals surface area contributed by atoms with Gasteiger partial charge in [0.15, 0.2) is 0 Å². The van der Waals surface area contributed by atoms with Gasteiger partial charge in [-0.2, -0.15) is 0 Å². The summed E-state index contributed by atoms with van der Waals surface area (Å²) in [5, 5.41) is 11.5. The Balaban J connectivity index is 1.79. The standard InChI is InChI=1S/C16H14N4O2S/c1-10-19-20-16(22-10)12-5-3-4-11(8-12)15(21)18-13-6-7-14(23-2)17-9-13/h3-9H,1-2H3,(H,18,21). The van der Waals surface area contributed by atoms with Crippen LogP contribution in [0.1, 0.15) is 16.2 Å². The van der Waals surface area contributed by atoms with Gasteiger partial charge in [-0.1, -0.05) is 6.07 Å². The highest BCUT2D eigenvalue weighted by atomic mass is 32.2. The maximum Gasteiger partial charge on any atom is 0.255 e. The first-order valence-corrected chi connectivity index (χ1v) is 8.10. The van der Waals surface area contributed by atoms with Crippen molar-refractivity contribution in [3.05, 3.63) is 54.0 Å². The number of pyridine rings is 1. The van der Waals surface area contributed by atoms with E-state index >= 15 is 0 Å². The second-order valence-corrected chi connectivity index (χ2v) is 5.58. The number of carbonyl (C=O) groups is 1. The second-order valence-electron chi connectivity index (χ2n) is 4.75. The Labute approximate surface area is 137 Å². The third-order valence-corrected chi connectivity index (χ3v) is 3.76. The summed E-state index contributed by atoms with van der Waals surface area (Å²) >= 11 is 1.55. The van der Waals surface area contributed by atoms with E-state index in [4.69, 9.17) is 4.42 Å². The predicted octanol–water partition coefficient (Wildman–Crippen LogP) is 3.41. The molecule has 1 aromatic carbocycles. The summed E-state index contributed by atoms with van der Waals surface area (Å²) in [5.74, 6) is 0.653. The Morgan fingerprint density at radius 3 is 2.74 bits per heavy atom. The number of aryl methyl sites for hydroxylation is 1. The van der Waals surface area contributed by atoms with Crippen LogP contribution in [0.5, 0.6) is 0 Å². The molecule has 0 fully saturated rings. The van der Waals surface area contributed by atoms with Crippen molar-refractivity contribution in [2.24, 2.45) is 0 Å². The number of rotatable bonds is 4. The average Bonchev–Trinajstić information content (AvgIpc) is 3.02. The summed E-state index contributed by atoms with van der Waals surface area (Å²) in [6.45, 7) is 1.72. The first-order valence-electron chi connectivity index (χ1n) is 6.87. The molecule has 0 bridgehead atoms. The summed E-state index contributed by atoms with van der Waals surface area (Å²) in [4.78, 5) is 16.6. The molecule has 7 heteroatoms. The van der Waals surface area contributed by atoms with Crippen LogP contribution in [0.2, 0.25) is 0 Å². The molecule has 0 spiro atoms. The normalized spacial score (nSPS) is 10.5. The van der Waals surface area contributed by atoms with E-state index in [1.165, 1.54) is 0 Å². The summed E-state index contributed by atoms with van der Waals surface area (Å²) in [7, 11) is 0. The molecule has 0 aliphatic rings. The van der Waals surface area contributed by atoms with E-state index in [1.54, 1.807) is 43.1 Å². The van der Waals surface area contributed by atoms with Crippen molar-refractivity contribution in [1.82, 2.24) is 15.2 Å². The number of amides is 1. The van der Waals surface area contributed by atoms with Crippen molar-refractivity contribution >= 4 is 23.4 Å². The number of benzene rings is 1. The Bertz CT molecular complexity index is 830. The number of anilines is 1. The quantitative estimate of drug-likeness (QED) is 0.740. The van der Waals surface area contributed by atoms with Crippen molar-refractivity contribution in [1.29, 1.82) is 0 Å². The Hall–Kier alpha value is -2.67. The minimum atomic E-state index is -0.221. The topological polar surface area (TPSA) is 80.9 Å². The number of nitrogens with zero attached hydrogens (tertiary/aromatic N) is 3. The van der Waals surface area contributed by atoms with Gasteiger partial charge in [0.25, 0.3) is 5.91 Å². The largest absolute Gasteiger partial charge is 0.421 e. The molecule has 2 aromatic heterocycles. The first kappa shape index (κ1) is 15.2. The van der Waals surface area contributed by atoms with Crippen molar-refractivity contribution in [2.45, 2.75) is 11.9 Å². The van der Waals surface area contributed by atoms with Crippen LogP contribution in [0.25, 0.3) is 11.5 Å². The molecule has 0 aliphatic carbocycles. The van der Waals surface area contributed by atoms with Crippen LogP contribution in [0.4, 0.5) is 5.69 Å². The maximum atomic E-state index is 12.3. The zero-order valence-corrected chi connectivity index (χ0v) is 13.4. The molecule has 2 heterocycles. The average molecular weight is 326 g/mol. The molecule has 0 radical (unpaired) electrons. The number of nitrogens with one attached hydrogen (secondary N) is 1. The SMILES string of the molecule is CSc1ccc(NC(=O)c2cccc(-c3nnc(C)o3)c2)cn1. The Kier molecular flexibility index (Phi) is 4.38. The zero-order valence-electron chi connectivity index (χ0n) is 12.6. The second kappa shape index (κ2) is 6.62. The van der Waals surface area contributed by atoms with Gasteiger partial charge < -0.3 is 9.73 Å². The van der Waals surface area contributed by atoms with Crippen LogP contribution >= 0.6 is 11.8 Å².